The monoisotopic (exact) mass is 211 g/mol. The molecule has 0 aromatic heterocycles. The quantitative estimate of drug-likeness (QED) is 0.401. The fourth-order valence-electron chi connectivity index (χ4n) is 1.33. The van der Waals surface area contributed by atoms with Gasteiger partial charge in [0.2, 0.25) is 5.91 Å². The maximum Gasteiger partial charge on any atom is 0.343 e. The van der Waals surface area contributed by atoms with Crippen molar-refractivity contribution in [3.8, 4) is 0 Å². The SMILES string of the molecule is CCOC(=O)C1=C(C)C(C)C(=O)NC1=O. The largest absolute Gasteiger partial charge is 0.462 e. The van der Waals surface area contributed by atoms with Gasteiger partial charge in [-0.25, -0.2) is 4.79 Å². The van der Waals surface area contributed by atoms with E-state index in [0.29, 0.717) is 5.57 Å². The lowest BCUT2D eigenvalue weighted by atomic mass is 9.92. The third-order valence-corrected chi connectivity index (χ3v) is 2.38. The second-order valence-corrected chi connectivity index (χ2v) is 3.32. The molecule has 82 valence electrons. The maximum absolute atomic E-state index is 11.4. The number of carbonyl (C=O) groups is 3. The Morgan fingerprint density at radius 2 is 2.07 bits per heavy atom. The predicted molar refractivity (Wildman–Crippen MR) is 51.6 cm³/mol. The van der Waals surface area contributed by atoms with Gasteiger partial charge in [0.25, 0.3) is 5.91 Å². The van der Waals surface area contributed by atoms with Gasteiger partial charge in [-0.15, -0.1) is 0 Å². The summed E-state index contributed by atoms with van der Waals surface area (Å²) < 4.78 is 4.74. The molecule has 5 nitrogen and oxygen atoms in total. The zero-order valence-electron chi connectivity index (χ0n) is 8.92. The zero-order chi connectivity index (χ0) is 11.6. The van der Waals surface area contributed by atoms with Crippen LogP contribution in [0.1, 0.15) is 20.8 Å². The first-order valence-electron chi connectivity index (χ1n) is 4.72. The number of rotatable bonds is 2. The number of imide groups is 1. The molecule has 0 bridgehead atoms. The Morgan fingerprint density at radius 3 is 2.60 bits per heavy atom. The summed E-state index contributed by atoms with van der Waals surface area (Å²) in [5.74, 6) is -2.20. The molecule has 1 rings (SSSR count). The van der Waals surface area contributed by atoms with Crippen molar-refractivity contribution in [2.45, 2.75) is 20.8 Å². The van der Waals surface area contributed by atoms with Crippen LogP contribution in [0.5, 0.6) is 0 Å². The number of hydrogen-bond acceptors (Lipinski definition) is 4. The Hall–Kier alpha value is -1.65. The molecule has 2 amide bonds. The highest BCUT2D eigenvalue weighted by atomic mass is 16.5. The molecule has 0 aromatic carbocycles. The predicted octanol–water partition coefficient (Wildman–Crippen LogP) is 0.158. The van der Waals surface area contributed by atoms with E-state index >= 15 is 0 Å². The Labute approximate surface area is 87.5 Å². The zero-order valence-corrected chi connectivity index (χ0v) is 8.92. The van der Waals surface area contributed by atoms with Gasteiger partial charge < -0.3 is 4.74 Å². The summed E-state index contributed by atoms with van der Waals surface area (Å²) in [6.45, 7) is 5.08. The number of amides is 2. The Balaban J connectivity index is 3.08. The summed E-state index contributed by atoms with van der Waals surface area (Å²) in [7, 11) is 0. The molecule has 1 unspecified atom stereocenters. The standard InChI is InChI=1S/C10H13NO4/c1-4-15-10(14)7-5(2)6(3)8(12)11-9(7)13/h6H,4H2,1-3H3,(H,11,12,13). The highest BCUT2D eigenvalue weighted by molar-refractivity contribution is 6.23. The van der Waals surface area contributed by atoms with Gasteiger partial charge in [-0.2, -0.15) is 0 Å². The minimum Gasteiger partial charge on any atom is -0.462 e. The molecule has 15 heavy (non-hydrogen) atoms. The molecule has 1 aliphatic rings. The van der Waals surface area contributed by atoms with Crippen LogP contribution in [0.4, 0.5) is 0 Å². The molecule has 0 fully saturated rings. The molecule has 1 N–H and O–H groups in total. The van der Waals surface area contributed by atoms with Gasteiger partial charge in [0.05, 0.1) is 12.5 Å². The summed E-state index contributed by atoms with van der Waals surface area (Å²) in [5.41, 5.74) is 0.408. The first-order chi connectivity index (χ1) is 6.99. The topological polar surface area (TPSA) is 72.5 Å². The average molecular weight is 211 g/mol. The number of esters is 1. The van der Waals surface area contributed by atoms with Crippen LogP contribution in [0.25, 0.3) is 0 Å². The van der Waals surface area contributed by atoms with Crippen LogP contribution in [0.15, 0.2) is 11.1 Å². The van der Waals surface area contributed by atoms with Crippen LogP contribution in [-0.2, 0) is 19.1 Å². The second-order valence-electron chi connectivity index (χ2n) is 3.32. The van der Waals surface area contributed by atoms with E-state index in [-0.39, 0.29) is 18.1 Å². The van der Waals surface area contributed by atoms with Crippen LogP contribution in [0.2, 0.25) is 0 Å². The molecule has 5 heteroatoms. The van der Waals surface area contributed by atoms with Crippen molar-refractivity contribution in [3.05, 3.63) is 11.1 Å². The van der Waals surface area contributed by atoms with Crippen molar-refractivity contribution in [2.24, 2.45) is 5.92 Å². The number of ether oxygens (including phenoxy) is 1. The smallest absolute Gasteiger partial charge is 0.343 e. The van der Waals surface area contributed by atoms with Crippen molar-refractivity contribution >= 4 is 17.8 Å². The van der Waals surface area contributed by atoms with E-state index in [9.17, 15) is 14.4 Å². The number of carbonyl (C=O) groups excluding carboxylic acids is 3. The van der Waals surface area contributed by atoms with Crippen molar-refractivity contribution < 1.29 is 19.1 Å². The van der Waals surface area contributed by atoms with Crippen LogP contribution in [0.3, 0.4) is 0 Å². The molecule has 0 spiro atoms. The second kappa shape index (κ2) is 4.25. The van der Waals surface area contributed by atoms with Crippen molar-refractivity contribution in [3.63, 3.8) is 0 Å². The van der Waals surface area contributed by atoms with Gasteiger partial charge >= 0.3 is 5.97 Å². The van der Waals surface area contributed by atoms with Crippen LogP contribution >= 0.6 is 0 Å². The average Bonchev–Trinajstić information content (AvgIpc) is 2.15. The van der Waals surface area contributed by atoms with E-state index in [4.69, 9.17) is 4.74 Å². The first kappa shape index (κ1) is 11.4. The first-order valence-corrected chi connectivity index (χ1v) is 4.72. The normalized spacial score (nSPS) is 21.4. The molecular weight excluding hydrogens is 198 g/mol. The molecule has 1 aliphatic heterocycles. The van der Waals surface area contributed by atoms with E-state index < -0.39 is 17.8 Å². The lowest BCUT2D eigenvalue weighted by Crippen LogP contribution is -2.43. The van der Waals surface area contributed by atoms with E-state index in [1.807, 2.05) is 0 Å². The number of hydrogen-bond donors (Lipinski definition) is 1. The lowest BCUT2D eigenvalue weighted by molar-refractivity contribution is -0.141. The van der Waals surface area contributed by atoms with Gasteiger partial charge in [0.15, 0.2) is 0 Å². The Morgan fingerprint density at radius 1 is 1.47 bits per heavy atom. The highest BCUT2D eigenvalue weighted by Gasteiger charge is 2.33. The van der Waals surface area contributed by atoms with Crippen LogP contribution in [0, 0.1) is 5.92 Å². The van der Waals surface area contributed by atoms with Crippen LogP contribution in [-0.4, -0.2) is 24.4 Å². The highest BCUT2D eigenvalue weighted by Crippen LogP contribution is 2.20. The molecule has 0 radical (unpaired) electrons. The third-order valence-electron chi connectivity index (χ3n) is 2.38. The van der Waals surface area contributed by atoms with Gasteiger partial charge in [-0.1, -0.05) is 0 Å². The molecular formula is C10H13NO4. The molecule has 0 aliphatic carbocycles. The Kier molecular flexibility index (Phi) is 3.24. The van der Waals surface area contributed by atoms with Gasteiger partial charge in [-0.05, 0) is 26.3 Å². The molecule has 0 saturated heterocycles. The third kappa shape index (κ3) is 2.06. The summed E-state index contributed by atoms with van der Waals surface area (Å²) in [4.78, 5) is 34.0. The Bertz CT molecular complexity index is 356. The van der Waals surface area contributed by atoms with E-state index in [0.717, 1.165) is 0 Å². The lowest BCUT2D eigenvalue weighted by Gasteiger charge is -2.21. The molecule has 0 aromatic rings. The summed E-state index contributed by atoms with van der Waals surface area (Å²) in [6.07, 6.45) is 0. The maximum atomic E-state index is 11.4. The fourth-order valence-corrected chi connectivity index (χ4v) is 1.33. The minimum absolute atomic E-state index is 0.0519. The van der Waals surface area contributed by atoms with E-state index in [2.05, 4.69) is 5.32 Å². The van der Waals surface area contributed by atoms with Gasteiger partial charge in [0, 0.05) is 0 Å². The fraction of sp³-hybridized carbons (Fsp3) is 0.500. The summed E-state index contributed by atoms with van der Waals surface area (Å²) in [5, 5.41) is 2.11. The molecule has 1 heterocycles. The minimum atomic E-state index is -0.674. The van der Waals surface area contributed by atoms with Gasteiger partial charge in [0.1, 0.15) is 5.57 Å². The molecule has 0 saturated carbocycles. The summed E-state index contributed by atoms with van der Waals surface area (Å²) in [6, 6.07) is 0. The van der Waals surface area contributed by atoms with Crippen molar-refractivity contribution in [2.75, 3.05) is 6.61 Å². The summed E-state index contributed by atoms with van der Waals surface area (Å²) >= 11 is 0. The van der Waals surface area contributed by atoms with Gasteiger partial charge in [-0.3, -0.25) is 14.9 Å². The van der Waals surface area contributed by atoms with E-state index in [1.54, 1.807) is 20.8 Å². The van der Waals surface area contributed by atoms with Crippen molar-refractivity contribution in [1.29, 1.82) is 0 Å². The molecule has 1 atom stereocenters. The van der Waals surface area contributed by atoms with Crippen molar-refractivity contribution in [1.82, 2.24) is 5.32 Å². The van der Waals surface area contributed by atoms with E-state index in [1.165, 1.54) is 0 Å². The number of nitrogens with one attached hydrogen (secondary N) is 1. The van der Waals surface area contributed by atoms with Crippen LogP contribution < -0.4 is 5.32 Å².